The van der Waals surface area contributed by atoms with E-state index in [1.54, 1.807) is 0 Å². The first-order valence-electron chi connectivity index (χ1n) is 6.33. The lowest BCUT2D eigenvalue weighted by Gasteiger charge is -2.41. The number of rotatable bonds is 0. The van der Waals surface area contributed by atoms with Crippen molar-refractivity contribution in [2.24, 2.45) is 17.3 Å². The van der Waals surface area contributed by atoms with E-state index in [0.29, 0.717) is 6.10 Å². The summed E-state index contributed by atoms with van der Waals surface area (Å²) in [7, 11) is 0. The minimum atomic E-state index is 0.0128. The van der Waals surface area contributed by atoms with Crippen LogP contribution in [-0.4, -0.2) is 0 Å². The molecule has 2 aliphatic heterocycles. The summed E-state index contributed by atoms with van der Waals surface area (Å²) >= 11 is 0. The molecular formula is C15H18O. The summed E-state index contributed by atoms with van der Waals surface area (Å²) in [4.78, 5) is 0. The van der Waals surface area contributed by atoms with Crippen molar-refractivity contribution in [3.8, 4) is 0 Å². The van der Waals surface area contributed by atoms with Crippen LogP contribution >= 0.6 is 0 Å². The van der Waals surface area contributed by atoms with E-state index in [0.717, 1.165) is 11.8 Å². The third-order valence-corrected chi connectivity index (χ3v) is 4.85. The summed E-state index contributed by atoms with van der Waals surface area (Å²) < 4.78 is 6.46. The fourth-order valence-electron chi connectivity index (χ4n) is 4.17. The van der Waals surface area contributed by atoms with Gasteiger partial charge in [0.25, 0.3) is 0 Å². The molecule has 16 heavy (non-hydrogen) atoms. The van der Waals surface area contributed by atoms with Gasteiger partial charge in [0.2, 0.25) is 0 Å². The number of fused-ring (bicyclic) bond motifs is 8. The summed E-state index contributed by atoms with van der Waals surface area (Å²) in [5.41, 5.74) is 3.16. The van der Waals surface area contributed by atoms with Gasteiger partial charge in [-0.15, -0.1) is 0 Å². The lowest BCUT2D eigenvalue weighted by molar-refractivity contribution is -0.121. The highest BCUT2D eigenvalue weighted by atomic mass is 16.5. The molecule has 1 heteroatoms. The first kappa shape index (κ1) is 9.23. The second-order valence-electron chi connectivity index (χ2n) is 6.62. The second kappa shape index (κ2) is 2.38. The van der Waals surface area contributed by atoms with Gasteiger partial charge in [-0.3, -0.25) is 0 Å². The predicted octanol–water partition coefficient (Wildman–Crippen LogP) is 3.65. The highest BCUT2D eigenvalue weighted by Crippen LogP contribution is 2.76. The molecule has 0 spiro atoms. The van der Waals surface area contributed by atoms with Crippen molar-refractivity contribution in [3.05, 3.63) is 35.4 Å². The van der Waals surface area contributed by atoms with E-state index < -0.39 is 0 Å². The quantitative estimate of drug-likeness (QED) is 0.640. The van der Waals surface area contributed by atoms with Crippen molar-refractivity contribution < 1.29 is 4.74 Å². The van der Waals surface area contributed by atoms with Crippen LogP contribution in [0.2, 0.25) is 0 Å². The van der Waals surface area contributed by atoms with Gasteiger partial charge in [-0.1, -0.05) is 45.0 Å². The van der Waals surface area contributed by atoms with Gasteiger partial charge in [-0.05, 0) is 34.8 Å². The van der Waals surface area contributed by atoms with Crippen LogP contribution in [0.5, 0.6) is 0 Å². The van der Waals surface area contributed by atoms with Crippen molar-refractivity contribution in [1.82, 2.24) is 0 Å². The minimum Gasteiger partial charge on any atom is -0.361 e. The molecule has 1 aromatic carbocycles. The molecule has 0 aromatic heterocycles. The maximum atomic E-state index is 6.46. The highest BCUT2D eigenvalue weighted by Gasteiger charge is 2.73. The van der Waals surface area contributed by atoms with Crippen LogP contribution < -0.4 is 0 Å². The Kier molecular flexibility index (Phi) is 1.37. The molecule has 4 rings (SSSR count). The second-order valence-corrected chi connectivity index (χ2v) is 6.62. The molecule has 3 aliphatic rings. The third-order valence-electron chi connectivity index (χ3n) is 4.85. The average Bonchev–Trinajstić information content (AvgIpc) is 2.87. The Bertz CT molecular complexity index is 471. The number of hydrogen-bond donors (Lipinski definition) is 0. The number of benzene rings is 1. The normalized spacial score (nSPS) is 43.1. The van der Waals surface area contributed by atoms with Crippen molar-refractivity contribution in [2.45, 2.75) is 38.9 Å². The maximum absolute atomic E-state index is 6.46. The molecule has 84 valence electrons. The number of ether oxygens (including phenoxy) is 1. The Morgan fingerprint density at radius 2 is 2.00 bits per heavy atom. The van der Waals surface area contributed by atoms with E-state index in [-0.39, 0.29) is 11.0 Å². The smallest absolute Gasteiger partial charge is 0.102 e. The monoisotopic (exact) mass is 214 g/mol. The molecule has 0 radical (unpaired) electrons. The molecule has 0 amide bonds. The van der Waals surface area contributed by atoms with Crippen molar-refractivity contribution >= 4 is 0 Å². The van der Waals surface area contributed by atoms with Crippen molar-refractivity contribution in [1.29, 1.82) is 0 Å². The predicted molar refractivity (Wildman–Crippen MR) is 63.0 cm³/mol. The lowest BCUT2D eigenvalue weighted by atomic mass is 9.67. The zero-order valence-corrected chi connectivity index (χ0v) is 10.2. The van der Waals surface area contributed by atoms with E-state index in [4.69, 9.17) is 4.74 Å². The molecule has 2 fully saturated rings. The van der Waals surface area contributed by atoms with E-state index in [1.807, 2.05) is 0 Å². The molecule has 0 N–H and O–H groups in total. The Morgan fingerprint density at radius 1 is 1.25 bits per heavy atom. The van der Waals surface area contributed by atoms with Gasteiger partial charge >= 0.3 is 0 Å². The van der Waals surface area contributed by atoms with E-state index in [2.05, 4.69) is 45.0 Å². The minimum absolute atomic E-state index is 0.0128. The zero-order valence-electron chi connectivity index (χ0n) is 10.2. The molecule has 4 atom stereocenters. The average molecular weight is 214 g/mol. The Hall–Kier alpha value is -0.820. The van der Waals surface area contributed by atoms with Crippen molar-refractivity contribution in [2.75, 3.05) is 0 Å². The largest absolute Gasteiger partial charge is 0.361 e. The van der Waals surface area contributed by atoms with Crippen LogP contribution in [0.15, 0.2) is 24.3 Å². The van der Waals surface area contributed by atoms with Gasteiger partial charge < -0.3 is 4.74 Å². The zero-order chi connectivity index (χ0) is 11.1. The molecule has 4 unspecified atom stereocenters. The molecule has 1 saturated heterocycles. The van der Waals surface area contributed by atoms with Crippen LogP contribution in [-0.2, 0) is 10.3 Å². The van der Waals surface area contributed by atoms with Crippen LogP contribution in [0.1, 0.15) is 44.4 Å². The van der Waals surface area contributed by atoms with Gasteiger partial charge in [0.15, 0.2) is 0 Å². The van der Waals surface area contributed by atoms with E-state index in [9.17, 15) is 0 Å². The van der Waals surface area contributed by atoms with Gasteiger partial charge in [-0.2, -0.15) is 0 Å². The topological polar surface area (TPSA) is 9.23 Å². The number of hydrogen-bond acceptors (Lipinski definition) is 1. The Balaban J connectivity index is 2.01. The van der Waals surface area contributed by atoms with Crippen LogP contribution in [0, 0.1) is 17.3 Å². The maximum Gasteiger partial charge on any atom is 0.102 e. The Labute approximate surface area is 96.8 Å². The first-order chi connectivity index (χ1) is 7.56. The standard InChI is InChI=1S/C15H18O/c1-14(2,3)15-11-7-5-4-6-9(11)13(16-15)10-8-12(10)15/h4-7,10,12-13H,8H2,1-3H3. The fourth-order valence-corrected chi connectivity index (χ4v) is 4.17. The molecular weight excluding hydrogens is 196 g/mol. The fraction of sp³-hybridized carbons (Fsp3) is 0.600. The summed E-state index contributed by atoms with van der Waals surface area (Å²) in [6.07, 6.45) is 1.77. The van der Waals surface area contributed by atoms with Crippen molar-refractivity contribution in [3.63, 3.8) is 0 Å². The molecule has 1 saturated carbocycles. The summed E-state index contributed by atoms with van der Waals surface area (Å²) in [6, 6.07) is 8.86. The third kappa shape index (κ3) is 0.777. The summed E-state index contributed by atoms with van der Waals surface area (Å²) in [5.74, 6) is 1.60. The molecule has 1 aliphatic carbocycles. The van der Waals surface area contributed by atoms with Gasteiger partial charge in [0, 0.05) is 0 Å². The molecule has 2 bridgehead atoms. The first-order valence-corrected chi connectivity index (χ1v) is 6.33. The van der Waals surface area contributed by atoms with Gasteiger partial charge in [-0.25, -0.2) is 0 Å². The highest BCUT2D eigenvalue weighted by molar-refractivity contribution is 5.47. The summed E-state index contributed by atoms with van der Waals surface area (Å²) in [6.45, 7) is 6.98. The molecule has 1 nitrogen and oxygen atoms in total. The lowest BCUT2D eigenvalue weighted by Crippen LogP contribution is -2.40. The summed E-state index contributed by atoms with van der Waals surface area (Å²) in [5, 5.41) is 0. The van der Waals surface area contributed by atoms with Gasteiger partial charge in [0.1, 0.15) is 5.60 Å². The molecule has 2 heterocycles. The van der Waals surface area contributed by atoms with Gasteiger partial charge in [0.05, 0.1) is 6.10 Å². The SMILES string of the molecule is CC(C)(C)C12OC(c3ccccc31)C1CC12. The van der Waals surface area contributed by atoms with Crippen LogP contribution in [0.3, 0.4) is 0 Å². The van der Waals surface area contributed by atoms with Crippen LogP contribution in [0.25, 0.3) is 0 Å². The Morgan fingerprint density at radius 3 is 2.75 bits per heavy atom. The van der Waals surface area contributed by atoms with E-state index >= 15 is 0 Å². The molecule has 1 aromatic rings. The van der Waals surface area contributed by atoms with E-state index in [1.165, 1.54) is 17.5 Å². The van der Waals surface area contributed by atoms with Crippen LogP contribution in [0.4, 0.5) is 0 Å².